The quantitative estimate of drug-likeness (QED) is 0.378. The molecular weight excluding hydrogens is 474 g/mol. The van der Waals surface area contributed by atoms with Crippen LogP contribution >= 0.6 is 11.6 Å². The molecule has 1 N–H and O–H groups in total. The zero-order valence-electron chi connectivity index (χ0n) is 19.7. The number of carbonyl (C=O) groups excluding carboxylic acids is 2. The fraction of sp³-hybridized carbons (Fsp3) is 0.214. The lowest BCUT2D eigenvalue weighted by Crippen LogP contribution is -2.38. The van der Waals surface area contributed by atoms with Crippen molar-refractivity contribution in [2.45, 2.75) is 25.8 Å². The molecule has 0 aliphatic carbocycles. The molecule has 182 valence electrons. The van der Waals surface area contributed by atoms with E-state index in [0.717, 1.165) is 37.1 Å². The maximum absolute atomic E-state index is 13.0. The molecule has 1 saturated heterocycles. The molecule has 1 aromatic heterocycles. The van der Waals surface area contributed by atoms with Crippen molar-refractivity contribution in [1.29, 1.82) is 0 Å². The monoisotopic (exact) mass is 499 g/mol. The summed E-state index contributed by atoms with van der Waals surface area (Å²) in [5, 5.41) is 8.08. The Balaban J connectivity index is 1.37. The van der Waals surface area contributed by atoms with Crippen LogP contribution in [0, 0.1) is 0 Å². The Morgan fingerprint density at radius 2 is 1.61 bits per heavy atom. The van der Waals surface area contributed by atoms with E-state index < -0.39 is 0 Å². The highest BCUT2D eigenvalue weighted by Crippen LogP contribution is 2.24. The standard InChI is InChI=1S/C28H26ClN5O2/c29-23-11-7-10-22(18-23)28(36)30-24-14-12-20(13-15-24)26-31-27(21-8-3-1-4-9-21)34(32-26)19-25(35)33-16-5-2-6-17-33/h1,3-4,7-15,18H,2,5-6,16-17,19H2,(H,30,36). The molecule has 4 aromatic rings. The smallest absolute Gasteiger partial charge is 0.255 e. The molecule has 0 bridgehead atoms. The van der Waals surface area contributed by atoms with Crippen molar-refractivity contribution >= 4 is 29.1 Å². The summed E-state index contributed by atoms with van der Waals surface area (Å²) in [6.07, 6.45) is 3.25. The van der Waals surface area contributed by atoms with E-state index >= 15 is 0 Å². The van der Waals surface area contributed by atoms with Gasteiger partial charge in [-0.25, -0.2) is 9.67 Å². The number of hydrogen-bond donors (Lipinski definition) is 1. The van der Waals surface area contributed by atoms with Crippen LogP contribution in [-0.4, -0.2) is 44.6 Å². The van der Waals surface area contributed by atoms with Crippen molar-refractivity contribution in [2.75, 3.05) is 18.4 Å². The molecule has 0 spiro atoms. The Labute approximate surface area is 214 Å². The van der Waals surface area contributed by atoms with Crippen LogP contribution in [0.3, 0.4) is 0 Å². The zero-order chi connectivity index (χ0) is 24.9. The maximum Gasteiger partial charge on any atom is 0.255 e. The number of benzene rings is 3. The van der Waals surface area contributed by atoms with Gasteiger partial charge in [-0.15, -0.1) is 5.10 Å². The van der Waals surface area contributed by atoms with Gasteiger partial charge < -0.3 is 10.2 Å². The molecule has 8 heteroatoms. The van der Waals surface area contributed by atoms with E-state index in [4.69, 9.17) is 21.7 Å². The first-order valence-corrected chi connectivity index (χ1v) is 12.4. The molecule has 0 unspecified atom stereocenters. The highest BCUT2D eigenvalue weighted by molar-refractivity contribution is 6.31. The molecule has 36 heavy (non-hydrogen) atoms. The second kappa shape index (κ2) is 10.7. The molecule has 1 aliphatic heterocycles. The molecule has 0 radical (unpaired) electrons. The van der Waals surface area contributed by atoms with Crippen molar-refractivity contribution in [3.05, 3.63) is 89.4 Å². The van der Waals surface area contributed by atoms with E-state index in [-0.39, 0.29) is 18.4 Å². The molecule has 1 aliphatic rings. The molecule has 3 aromatic carbocycles. The third-order valence-electron chi connectivity index (χ3n) is 6.19. The zero-order valence-corrected chi connectivity index (χ0v) is 20.5. The Morgan fingerprint density at radius 3 is 2.33 bits per heavy atom. The summed E-state index contributed by atoms with van der Waals surface area (Å²) >= 11 is 6.00. The summed E-state index contributed by atoms with van der Waals surface area (Å²) < 4.78 is 1.69. The van der Waals surface area contributed by atoms with Gasteiger partial charge in [0.2, 0.25) is 5.91 Å². The van der Waals surface area contributed by atoms with Gasteiger partial charge in [-0.1, -0.05) is 48.0 Å². The maximum atomic E-state index is 13.0. The highest BCUT2D eigenvalue weighted by atomic mass is 35.5. The molecule has 1 fully saturated rings. The van der Waals surface area contributed by atoms with E-state index in [1.54, 1.807) is 41.1 Å². The first-order valence-electron chi connectivity index (χ1n) is 12.0. The predicted molar refractivity (Wildman–Crippen MR) is 141 cm³/mol. The van der Waals surface area contributed by atoms with Gasteiger partial charge in [-0.05, 0) is 61.7 Å². The lowest BCUT2D eigenvalue weighted by molar-refractivity contribution is -0.132. The summed E-state index contributed by atoms with van der Waals surface area (Å²) in [7, 11) is 0. The van der Waals surface area contributed by atoms with E-state index in [9.17, 15) is 9.59 Å². The molecule has 2 amide bonds. The molecule has 0 atom stereocenters. The third-order valence-corrected chi connectivity index (χ3v) is 6.42. The Hall–Kier alpha value is -3.97. The van der Waals surface area contributed by atoms with E-state index in [2.05, 4.69) is 5.32 Å². The number of nitrogens with one attached hydrogen (secondary N) is 1. The third kappa shape index (κ3) is 5.47. The number of amides is 2. The lowest BCUT2D eigenvalue weighted by atomic mass is 10.1. The van der Waals surface area contributed by atoms with Gasteiger partial charge in [-0.2, -0.15) is 0 Å². The van der Waals surface area contributed by atoms with Crippen LogP contribution in [0.4, 0.5) is 5.69 Å². The number of aromatic nitrogens is 3. The van der Waals surface area contributed by atoms with Gasteiger partial charge in [0.05, 0.1) is 0 Å². The van der Waals surface area contributed by atoms with Crippen LogP contribution in [0.25, 0.3) is 22.8 Å². The molecule has 2 heterocycles. The SMILES string of the molecule is O=C(Nc1ccc(-c2nc(-c3ccccc3)n(CC(=O)N3CCCCC3)n2)cc1)c1cccc(Cl)c1. The molecule has 5 rings (SSSR count). The van der Waals surface area contributed by atoms with Gasteiger partial charge in [-0.3, -0.25) is 9.59 Å². The van der Waals surface area contributed by atoms with Crippen LogP contribution < -0.4 is 5.32 Å². The number of likely N-dealkylation sites (tertiary alicyclic amines) is 1. The van der Waals surface area contributed by atoms with E-state index in [1.807, 2.05) is 47.4 Å². The highest BCUT2D eigenvalue weighted by Gasteiger charge is 2.21. The molecule has 7 nitrogen and oxygen atoms in total. The van der Waals surface area contributed by atoms with E-state index in [0.29, 0.717) is 27.9 Å². The van der Waals surface area contributed by atoms with Crippen LogP contribution in [0.1, 0.15) is 29.6 Å². The molecule has 0 saturated carbocycles. The fourth-order valence-corrected chi connectivity index (χ4v) is 4.47. The van der Waals surface area contributed by atoms with Crippen molar-refractivity contribution in [3.8, 4) is 22.8 Å². The Kier molecular flexibility index (Phi) is 7.09. The minimum absolute atomic E-state index is 0.0578. The largest absolute Gasteiger partial charge is 0.341 e. The number of rotatable bonds is 6. The van der Waals surface area contributed by atoms with Crippen molar-refractivity contribution in [2.24, 2.45) is 0 Å². The topological polar surface area (TPSA) is 80.1 Å². The van der Waals surface area contributed by atoms with Crippen molar-refractivity contribution in [3.63, 3.8) is 0 Å². The number of carbonyl (C=O) groups is 2. The Morgan fingerprint density at radius 1 is 0.861 bits per heavy atom. The number of halogens is 1. The number of anilines is 1. The molecular formula is C28H26ClN5O2. The summed E-state index contributed by atoms with van der Waals surface area (Å²) in [5.41, 5.74) is 2.81. The van der Waals surface area contributed by atoms with Gasteiger partial charge in [0.15, 0.2) is 11.6 Å². The number of hydrogen-bond acceptors (Lipinski definition) is 4. The van der Waals surface area contributed by atoms with Gasteiger partial charge in [0, 0.05) is 40.5 Å². The lowest BCUT2D eigenvalue weighted by Gasteiger charge is -2.26. The van der Waals surface area contributed by atoms with Crippen LogP contribution in [0.15, 0.2) is 78.9 Å². The van der Waals surface area contributed by atoms with Crippen LogP contribution in [-0.2, 0) is 11.3 Å². The van der Waals surface area contributed by atoms with Gasteiger partial charge in [0.25, 0.3) is 5.91 Å². The average Bonchev–Trinajstić information content (AvgIpc) is 3.33. The van der Waals surface area contributed by atoms with Crippen LogP contribution in [0.5, 0.6) is 0 Å². The Bertz CT molecular complexity index is 1360. The predicted octanol–water partition coefficient (Wildman–Crippen LogP) is 5.53. The van der Waals surface area contributed by atoms with Gasteiger partial charge in [0.1, 0.15) is 6.54 Å². The first-order chi connectivity index (χ1) is 17.6. The fourth-order valence-electron chi connectivity index (χ4n) is 4.28. The second-order valence-corrected chi connectivity index (χ2v) is 9.20. The number of nitrogens with zero attached hydrogens (tertiary/aromatic N) is 4. The second-order valence-electron chi connectivity index (χ2n) is 8.77. The van der Waals surface area contributed by atoms with Crippen LogP contribution in [0.2, 0.25) is 5.02 Å². The first kappa shape index (κ1) is 23.8. The average molecular weight is 500 g/mol. The van der Waals surface area contributed by atoms with E-state index in [1.165, 1.54) is 6.42 Å². The normalized spacial score (nSPS) is 13.4. The van der Waals surface area contributed by atoms with Crippen molar-refractivity contribution in [1.82, 2.24) is 19.7 Å². The summed E-state index contributed by atoms with van der Waals surface area (Å²) in [5.74, 6) is 0.986. The summed E-state index contributed by atoms with van der Waals surface area (Å²) in [6.45, 7) is 1.73. The van der Waals surface area contributed by atoms with Gasteiger partial charge >= 0.3 is 0 Å². The minimum Gasteiger partial charge on any atom is -0.341 e. The summed E-state index contributed by atoms with van der Waals surface area (Å²) in [6, 6.07) is 23.9. The van der Waals surface area contributed by atoms with Crippen molar-refractivity contribution < 1.29 is 9.59 Å². The number of piperidine rings is 1. The minimum atomic E-state index is -0.241. The summed E-state index contributed by atoms with van der Waals surface area (Å²) in [4.78, 5) is 32.2.